The Hall–Kier alpha value is -13.1. The highest BCUT2D eigenvalue weighted by atomic mass is 28.3. The highest BCUT2D eigenvalue weighted by molar-refractivity contribution is 7.21. The first kappa shape index (κ1) is 65.4. The molecule has 0 unspecified atom stereocenters. The van der Waals surface area contributed by atoms with Crippen LogP contribution in [0.1, 0.15) is 0 Å². The summed E-state index contributed by atoms with van der Waals surface area (Å²) in [5, 5.41) is 18.3. The van der Waals surface area contributed by atoms with Gasteiger partial charge in [0, 0.05) is 44.9 Å². The Morgan fingerprint density at radius 3 is 0.927 bits per heavy atom. The van der Waals surface area contributed by atoms with Gasteiger partial charge in [-0.1, -0.05) is 388 Å². The summed E-state index contributed by atoms with van der Waals surface area (Å²) in [5.74, 6) is 0. The topological polar surface area (TPSA) is 11.4 Å². The fraction of sp³-hybridized carbons (Fsp3) is 0. The molecule has 0 saturated carbocycles. The summed E-state index contributed by atoms with van der Waals surface area (Å²) >= 11 is 0. The molecule has 0 aliphatic carbocycles. The maximum Gasteiger partial charge on any atom is 0.252 e. The molecule has 17 aromatic carbocycles. The Kier molecular flexibility index (Phi) is 16.4. The molecule has 1 aromatic heterocycles. The predicted octanol–water partition coefficient (Wildman–Crippen LogP) is 14.7. The van der Waals surface area contributed by atoms with Crippen LogP contribution >= 0.6 is 0 Å². The van der Waals surface area contributed by atoms with Gasteiger partial charge in [-0.3, -0.25) is 0 Å². The monoisotopic (exact) mass is 1440 g/mol. The first-order chi connectivity index (χ1) is 54.1. The normalized spacial score (nSPS) is 12.5. The molecule has 18 aromatic rings. The summed E-state index contributed by atoms with van der Waals surface area (Å²) in [6, 6.07) is 171. The van der Waals surface area contributed by atoms with Crippen molar-refractivity contribution in [3.63, 3.8) is 0 Å². The number of anilines is 6. The Balaban J connectivity index is 0.925. The Bertz CT molecular complexity index is 5990. The van der Waals surface area contributed by atoms with E-state index in [1.54, 1.807) is 0 Å². The lowest BCUT2D eigenvalue weighted by molar-refractivity contribution is 1.16. The van der Waals surface area contributed by atoms with E-state index >= 15 is 0 Å². The van der Waals surface area contributed by atoms with Crippen molar-refractivity contribution < 1.29 is 0 Å². The van der Waals surface area contributed by atoms with E-state index in [0.717, 1.165) is 56.4 Å². The highest BCUT2D eigenvalue weighted by Gasteiger charge is 2.49. The van der Waals surface area contributed by atoms with E-state index in [9.17, 15) is 0 Å². The second-order valence-corrected chi connectivity index (χ2v) is 40.4. The summed E-state index contributed by atoms with van der Waals surface area (Å²) in [6.07, 6.45) is 0. The van der Waals surface area contributed by atoms with Crippen LogP contribution in [-0.4, -0.2) is 35.5 Å². The van der Waals surface area contributed by atoms with E-state index in [1.165, 1.54) is 95.0 Å². The van der Waals surface area contributed by atoms with Gasteiger partial charge in [-0.15, -0.1) is 0 Å². The maximum atomic E-state index is 2.68. The zero-order valence-corrected chi connectivity index (χ0v) is 63.1. The van der Waals surface area contributed by atoms with E-state index in [1.807, 2.05) is 0 Å². The average Bonchev–Trinajstić information content (AvgIpc) is 1.21. The van der Waals surface area contributed by atoms with Crippen LogP contribution in [0, 0.1) is 0 Å². The fourth-order valence-electron chi connectivity index (χ4n) is 18.8. The summed E-state index contributed by atoms with van der Waals surface area (Å²) < 4.78 is 2.54. The minimum absolute atomic E-state index is 0.253. The molecule has 0 atom stereocenters. The molecule has 512 valence electrons. The van der Waals surface area contributed by atoms with Crippen LogP contribution in [0.25, 0.3) is 38.6 Å². The fourth-order valence-corrected chi connectivity index (χ4v) is 33.2. The van der Waals surface area contributed by atoms with E-state index in [4.69, 9.17) is 0 Å². The molecule has 0 fully saturated rings. The first-order valence-electron chi connectivity index (χ1n) is 37.9. The van der Waals surface area contributed by atoms with E-state index in [0.29, 0.717) is 0 Å². The van der Waals surface area contributed by atoms with Crippen LogP contribution in [0.3, 0.4) is 0 Å². The Morgan fingerprint density at radius 1 is 0.183 bits per heavy atom. The van der Waals surface area contributed by atoms with Crippen LogP contribution in [0.4, 0.5) is 34.1 Å². The van der Waals surface area contributed by atoms with Gasteiger partial charge < -0.3 is 14.4 Å². The van der Waals surface area contributed by atoms with Gasteiger partial charge in [0.2, 0.25) is 0 Å². The van der Waals surface area contributed by atoms with Crippen molar-refractivity contribution in [2.45, 2.75) is 0 Å². The maximum absolute atomic E-state index is 3.16. The van der Waals surface area contributed by atoms with Crippen LogP contribution in [-0.2, 0) is 0 Å². The molecule has 2 aliphatic rings. The van der Waals surface area contributed by atoms with Gasteiger partial charge in [-0.25, -0.2) is 0 Å². The van der Waals surface area contributed by atoms with E-state index < -0.39 is 24.2 Å². The number of fused-ring (bicyclic) bond motifs is 7. The molecule has 3 nitrogen and oxygen atoms in total. The second-order valence-electron chi connectivity index (χ2n) is 28.9. The van der Waals surface area contributed by atoms with Gasteiger partial charge in [0.15, 0.2) is 24.2 Å². The number of hydrogen-bond acceptors (Lipinski definition) is 2. The molecule has 0 bridgehead atoms. The van der Waals surface area contributed by atoms with Crippen molar-refractivity contribution >= 4 is 165 Å². The summed E-state index contributed by atoms with van der Waals surface area (Å²) in [6.45, 7) is -0.253. The van der Waals surface area contributed by atoms with Crippen molar-refractivity contribution in [3.8, 4) is 16.8 Å². The number of benzene rings is 17. The Morgan fingerprint density at radius 2 is 0.514 bits per heavy atom. The van der Waals surface area contributed by atoms with Gasteiger partial charge in [0.1, 0.15) is 0 Å². The molecule has 0 spiro atoms. The molecule has 7 heteroatoms. The largest absolute Gasteiger partial charge is 0.311 e. The minimum Gasteiger partial charge on any atom is -0.311 e. The highest BCUT2D eigenvalue weighted by Crippen LogP contribution is 2.47. The SMILES string of the molecule is c1ccc(-c2ccc3c(c2)N(c2ccc([Si](c4ccccc4)(c4ccccc4)c4ccccc4)cc2)c2cc(-n4c5ccccc5c5ccccc54)cc4c2B3c2cc([Si](c3ccccc3)(c3ccccc3)c3ccccc3)ccc2N4c2cccc([Si](c3ccccc3)(c3ccccc3)c3ccccc3)c2)cc1. The van der Waals surface area contributed by atoms with Crippen molar-refractivity contribution in [2.24, 2.45) is 0 Å². The molecule has 20 rings (SSSR count). The van der Waals surface area contributed by atoms with Gasteiger partial charge in [0.25, 0.3) is 6.71 Å². The predicted molar refractivity (Wildman–Crippen MR) is 471 cm³/mol. The van der Waals surface area contributed by atoms with Crippen LogP contribution in [0.15, 0.2) is 449 Å². The van der Waals surface area contributed by atoms with Gasteiger partial charge in [0.05, 0.1) is 16.7 Å². The smallest absolute Gasteiger partial charge is 0.252 e. The Labute approximate surface area is 641 Å². The average molecular weight is 1440 g/mol. The van der Waals surface area contributed by atoms with Crippen molar-refractivity contribution in [3.05, 3.63) is 449 Å². The summed E-state index contributed by atoms with van der Waals surface area (Å²) in [4.78, 5) is 5.32. The van der Waals surface area contributed by atoms with Gasteiger partial charge in [-0.2, -0.15) is 0 Å². The second kappa shape index (κ2) is 27.3. The van der Waals surface area contributed by atoms with Crippen LogP contribution in [0.2, 0.25) is 0 Å². The molecular formula is C102H74BN3Si3. The molecule has 0 saturated heterocycles. The minimum atomic E-state index is -3.16. The van der Waals surface area contributed by atoms with E-state index in [2.05, 4.69) is 463 Å². The molecule has 109 heavy (non-hydrogen) atoms. The van der Waals surface area contributed by atoms with Crippen molar-refractivity contribution in [2.75, 3.05) is 9.80 Å². The zero-order chi connectivity index (χ0) is 72.3. The summed E-state index contributed by atoms with van der Waals surface area (Å²) in [5.41, 5.74) is 16.1. The molecule has 0 N–H and O–H groups in total. The first-order valence-corrected chi connectivity index (χ1v) is 43.9. The molecule has 0 radical (unpaired) electrons. The molecule has 0 amide bonds. The third kappa shape index (κ3) is 10.5. The number of nitrogens with zero attached hydrogens (tertiary/aromatic N) is 3. The number of rotatable bonds is 16. The third-order valence-electron chi connectivity index (χ3n) is 23.4. The zero-order valence-electron chi connectivity index (χ0n) is 60.1. The third-order valence-corrected chi connectivity index (χ3v) is 37.7. The summed E-state index contributed by atoms with van der Waals surface area (Å²) in [7, 11) is -9.24. The lowest BCUT2D eigenvalue weighted by atomic mass is 9.33. The number of para-hydroxylation sites is 2. The molecular weight excluding hydrogens is 1360 g/mol. The lowest BCUT2D eigenvalue weighted by Gasteiger charge is -2.45. The lowest BCUT2D eigenvalue weighted by Crippen LogP contribution is -2.75. The van der Waals surface area contributed by atoms with Crippen molar-refractivity contribution in [1.82, 2.24) is 4.57 Å². The van der Waals surface area contributed by atoms with E-state index in [-0.39, 0.29) is 6.71 Å². The quantitative estimate of drug-likeness (QED) is 0.0706. The van der Waals surface area contributed by atoms with Crippen molar-refractivity contribution in [1.29, 1.82) is 0 Å². The van der Waals surface area contributed by atoms with Crippen LogP contribution < -0.4 is 88.4 Å². The standard InChI is InChI=1S/C102H74BN3Si3/c1-11-36-75(37-12-1)76-62-68-94-99(70-76)104(77-63-65-89(66-64-77)107(80-39-13-2-14-40-80,81-41-15-3-16-42-81)82-43-17-4-18-44-82)100-72-79(106-96-60-33-31-58-92(96)93-59-32-34-61-97(93)106)73-101-102(100)103(94)95-74-91(109(86-51-25-8-26-52-86,87-53-27-9-28-54-87)88-55-29-10-30-56-88)67-69-98(95)105(101)78-38-35-57-90(71-78)108(83-45-19-5-20-46-83,84-47-21-6-22-48-84)85-49-23-7-24-50-85/h1-74H. The molecule has 2 aliphatic heterocycles. The van der Waals surface area contributed by atoms with Gasteiger partial charge in [-0.05, 0) is 150 Å². The number of aromatic nitrogens is 1. The molecule has 3 heterocycles. The van der Waals surface area contributed by atoms with Crippen LogP contribution in [0.5, 0.6) is 0 Å². The number of hydrogen-bond donors (Lipinski definition) is 0. The van der Waals surface area contributed by atoms with Gasteiger partial charge >= 0.3 is 0 Å².